The largest absolute Gasteiger partial charge is 0.396 e. The molecular weight excluding hydrogens is 530 g/mol. The van der Waals surface area contributed by atoms with E-state index >= 15 is 0 Å². The molecule has 3 heterocycles. The van der Waals surface area contributed by atoms with Crippen LogP contribution in [0.1, 0.15) is 37.3 Å². The lowest BCUT2D eigenvalue weighted by atomic mass is 9.66. The average molecular weight is 572 g/mol. The summed E-state index contributed by atoms with van der Waals surface area (Å²) in [5.41, 5.74) is 1.33. The number of benzene rings is 2. The van der Waals surface area contributed by atoms with Gasteiger partial charge in [-0.2, -0.15) is 0 Å². The van der Waals surface area contributed by atoms with Crippen molar-refractivity contribution in [3.63, 3.8) is 0 Å². The van der Waals surface area contributed by atoms with E-state index in [-0.39, 0.29) is 44.0 Å². The van der Waals surface area contributed by atoms with E-state index in [9.17, 15) is 19.5 Å². The van der Waals surface area contributed by atoms with Gasteiger partial charge in [-0.15, -0.1) is 13.2 Å². The van der Waals surface area contributed by atoms with Crippen molar-refractivity contribution in [3.8, 4) is 0 Å². The van der Waals surface area contributed by atoms with Gasteiger partial charge in [-0.05, 0) is 69.4 Å². The first-order valence-electron chi connectivity index (χ1n) is 14.7. The molecule has 0 saturated carbocycles. The summed E-state index contributed by atoms with van der Waals surface area (Å²) in [5, 5.41) is 9.70. The first-order valence-corrected chi connectivity index (χ1v) is 14.7. The van der Waals surface area contributed by atoms with Gasteiger partial charge in [-0.3, -0.25) is 14.4 Å². The minimum atomic E-state index is -1.16. The Morgan fingerprint density at radius 2 is 1.74 bits per heavy atom. The Kier molecular flexibility index (Phi) is 8.14. The number of aliphatic hydroxyl groups excluding tert-OH is 1. The zero-order valence-corrected chi connectivity index (χ0v) is 24.8. The molecule has 0 radical (unpaired) electrons. The van der Waals surface area contributed by atoms with Crippen LogP contribution in [0, 0.1) is 25.7 Å². The van der Waals surface area contributed by atoms with Crippen LogP contribution in [0.5, 0.6) is 0 Å². The summed E-state index contributed by atoms with van der Waals surface area (Å²) in [6.45, 7) is 14.2. The van der Waals surface area contributed by atoms with Crippen LogP contribution < -0.4 is 9.80 Å². The molecule has 8 nitrogen and oxygen atoms in total. The van der Waals surface area contributed by atoms with Crippen LogP contribution in [0.2, 0.25) is 0 Å². The van der Waals surface area contributed by atoms with Gasteiger partial charge in [0.2, 0.25) is 11.8 Å². The fourth-order valence-electron chi connectivity index (χ4n) is 7.38. The van der Waals surface area contributed by atoms with E-state index in [1.165, 1.54) is 0 Å². The van der Waals surface area contributed by atoms with Crippen LogP contribution >= 0.6 is 0 Å². The summed E-state index contributed by atoms with van der Waals surface area (Å²) in [4.78, 5) is 48.4. The summed E-state index contributed by atoms with van der Waals surface area (Å²) in [6, 6.07) is 14.3. The number of amides is 3. The molecule has 0 aliphatic carbocycles. The molecule has 0 aromatic heterocycles. The van der Waals surface area contributed by atoms with Crippen molar-refractivity contribution in [3.05, 3.63) is 85.0 Å². The molecule has 2 aromatic carbocycles. The SMILES string of the molecule is C=CCN(C(=O)[C@H]1[C@H]2C(=O)N(CCCO)C(C(=O)N(CC=C)c3cc(C)ccc3C)C23CC[C@]1(C)O3)c1ccccc1. The molecule has 3 fully saturated rings. The van der Waals surface area contributed by atoms with Crippen molar-refractivity contribution in [2.75, 3.05) is 36.0 Å². The fourth-order valence-corrected chi connectivity index (χ4v) is 7.38. The molecule has 2 bridgehead atoms. The summed E-state index contributed by atoms with van der Waals surface area (Å²) in [5.74, 6) is -2.34. The Labute approximate surface area is 248 Å². The predicted molar refractivity (Wildman–Crippen MR) is 163 cm³/mol. The zero-order chi connectivity index (χ0) is 30.2. The molecule has 5 rings (SSSR count). The second kappa shape index (κ2) is 11.5. The molecule has 3 aliphatic rings. The van der Waals surface area contributed by atoms with E-state index in [1.807, 2.05) is 69.3 Å². The standard InChI is InChI=1S/C34H41N3O5/c1-6-18-35(25-12-9-8-10-13-25)30(39)27-28-31(40)37(20-11-21-38)29(34(28)17-16-33(27,5)42-34)32(41)36(19-7-2)26-22-23(3)14-15-24(26)4/h6-10,12-15,22,27-29,38H,1-2,11,16-21H2,3-5H3/t27-,28+,29?,33+,34?/m1/s1. The lowest BCUT2D eigenvalue weighted by Gasteiger charge is -2.37. The molecular formula is C34H41N3O5. The lowest BCUT2D eigenvalue weighted by Crippen LogP contribution is -2.57. The number of para-hydroxylation sites is 1. The molecule has 3 saturated heterocycles. The van der Waals surface area contributed by atoms with Crippen molar-refractivity contribution in [1.29, 1.82) is 0 Å². The van der Waals surface area contributed by atoms with Crippen LogP contribution in [-0.4, -0.2) is 71.2 Å². The van der Waals surface area contributed by atoms with Gasteiger partial charge in [0.25, 0.3) is 5.91 Å². The van der Waals surface area contributed by atoms with Crippen LogP contribution in [-0.2, 0) is 19.1 Å². The second-order valence-corrected chi connectivity index (χ2v) is 11.9. The average Bonchev–Trinajstić information content (AvgIpc) is 3.55. The number of hydrogen-bond donors (Lipinski definition) is 1. The normalized spacial score (nSPS) is 27.6. The van der Waals surface area contributed by atoms with Gasteiger partial charge in [-0.25, -0.2) is 0 Å². The minimum Gasteiger partial charge on any atom is -0.396 e. The van der Waals surface area contributed by atoms with Gasteiger partial charge < -0.3 is 24.5 Å². The third kappa shape index (κ3) is 4.67. The van der Waals surface area contributed by atoms with Crippen LogP contribution in [0.25, 0.3) is 0 Å². The van der Waals surface area contributed by atoms with Gasteiger partial charge in [0.05, 0.1) is 17.4 Å². The summed E-state index contributed by atoms with van der Waals surface area (Å²) < 4.78 is 6.83. The van der Waals surface area contributed by atoms with Gasteiger partial charge in [-0.1, -0.05) is 42.5 Å². The predicted octanol–water partition coefficient (Wildman–Crippen LogP) is 4.19. The number of ether oxygens (including phenoxy) is 1. The first-order chi connectivity index (χ1) is 20.1. The molecule has 1 spiro atoms. The summed E-state index contributed by atoms with van der Waals surface area (Å²) in [6.07, 6.45) is 4.69. The van der Waals surface area contributed by atoms with E-state index < -0.39 is 29.1 Å². The van der Waals surface area contributed by atoms with Crippen LogP contribution in [0.4, 0.5) is 11.4 Å². The van der Waals surface area contributed by atoms with Crippen molar-refractivity contribution in [2.24, 2.45) is 11.8 Å². The number of rotatable bonds is 11. The van der Waals surface area contributed by atoms with Crippen molar-refractivity contribution >= 4 is 29.1 Å². The molecule has 5 atom stereocenters. The third-order valence-corrected chi connectivity index (χ3v) is 9.21. The number of carbonyl (C=O) groups excluding carboxylic acids is 3. The third-order valence-electron chi connectivity index (χ3n) is 9.21. The molecule has 3 aliphatic heterocycles. The van der Waals surface area contributed by atoms with Gasteiger partial charge in [0.15, 0.2) is 0 Å². The molecule has 8 heteroatoms. The molecule has 42 heavy (non-hydrogen) atoms. The number of fused-ring (bicyclic) bond motifs is 1. The molecule has 222 valence electrons. The van der Waals surface area contributed by atoms with Crippen molar-refractivity contribution in [1.82, 2.24) is 4.90 Å². The van der Waals surface area contributed by atoms with E-state index in [1.54, 1.807) is 26.9 Å². The van der Waals surface area contributed by atoms with Gasteiger partial charge in [0.1, 0.15) is 11.6 Å². The number of anilines is 2. The maximum Gasteiger partial charge on any atom is 0.253 e. The highest BCUT2D eigenvalue weighted by molar-refractivity contribution is 6.07. The maximum atomic E-state index is 14.7. The summed E-state index contributed by atoms with van der Waals surface area (Å²) in [7, 11) is 0. The maximum absolute atomic E-state index is 14.7. The number of nitrogens with zero attached hydrogens (tertiary/aromatic N) is 3. The minimum absolute atomic E-state index is 0.127. The Hall–Kier alpha value is -3.75. The Bertz CT molecular complexity index is 1390. The van der Waals surface area contributed by atoms with E-state index in [4.69, 9.17) is 4.74 Å². The zero-order valence-electron chi connectivity index (χ0n) is 24.8. The molecule has 2 aromatic rings. The lowest BCUT2D eigenvalue weighted by molar-refractivity contribution is -0.144. The monoisotopic (exact) mass is 571 g/mol. The quantitative estimate of drug-likeness (QED) is 0.409. The van der Waals surface area contributed by atoms with Crippen LogP contribution in [0.15, 0.2) is 73.8 Å². The molecule has 2 unspecified atom stereocenters. The van der Waals surface area contributed by atoms with E-state index in [0.29, 0.717) is 24.9 Å². The Balaban J connectivity index is 1.60. The first kappa shape index (κ1) is 29.7. The second-order valence-electron chi connectivity index (χ2n) is 11.9. The molecule has 3 amide bonds. The van der Waals surface area contributed by atoms with Gasteiger partial charge >= 0.3 is 0 Å². The van der Waals surface area contributed by atoms with Gasteiger partial charge in [0, 0.05) is 37.6 Å². The Morgan fingerprint density at radius 1 is 1.05 bits per heavy atom. The summed E-state index contributed by atoms with van der Waals surface area (Å²) >= 11 is 0. The van der Waals surface area contributed by atoms with E-state index in [0.717, 1.165) is 16.8 Å². The highest BCUT2D eigenvalue weighted by Gasteiger charge is 2.78. The number of carbonyl (C=O) groups is 3. The fraction of sp³-hybridized carbons (Fsp3) is 0.441. The van der Waals surface area contributed by atoms with Crippen molar-refractivity contribution < 1.29 is 24.2 Å². The number of aliphatic hydroxyl groups is 1. The molecule has 1 N–H and O–H groups in total. The van der Waals surface area contributed by atoms with Crippen LogP contribution in [0.3, 0.4) is 0 Å². The highest BCUT2D eigenvalue weighted by Crippen LogP contribution is 2.63. The number of hydrogen-bond acceptors (Lipinski definition) is 5. The van der Waals surface area contributed by atoms with Crippen molar-refractivity contribution in [2.45, 2.75) is 57.3 Å². The highest BCUT2D eigenvalue weighted by atomic mass is 16.5. The van der Waals surface area contributed by atoms with E-state index in [2.05, 4.69) is 13.2 Å². The smallest absolute Gasteiger partial charge is 0.253 e. The topological polar surface area (TPSA) is 90.4 Å². The Morgan fingerprint density at radius 3 is 2.40 bits per heavy atom. The number of likely N-dealkylation sites (tertiary alicyclic amines) is 1. The number of aryl methyl sites for hydroxylation is 2.